The number of thiol groups is 2. The van der Waals surface area contributed by atoms with Crippen LogP contribution in [0, 0.1) is 0 Å². The Balaban J connectivity index is -0.000000188. The van der Waals surface area contributed by atoms with Crippen molar-refractivity contribution in [3.8, 4) is 0 Å². The van der Waals surface area contributed by atoms with Gasteiger partial charge in [-0.05, 0) is 27.7 Å². The molecule has 0 aromatic carbocycles. The number of carboxylic acid groups (broad SMARTS) is 2. The van der Waals surface area contributed by atoms with Crippen molar-refractivity contribution in [1.82, 2.24) is 0 Å². The van der Waals surface area contributed by atoms with Gasteiger partial charge in [0.25, 0.3) is 0 Å². The van der Waals surface area contributed by atoms with E-state index in [1.807, 2.05) is 0 Å². The molecule has 7 heteroatoms. The van der Waals surface area contributed by atoms with E-state index in [2.05, 4.69) is 35.1 Å². The Kier molecular flexibility index (Phi) is 13.8. The van der Waals surface area contributed by atoms with Gasteiger partial charge in [0, 0.05) is 9.49 Å². The van der Waals surface area contributed by atoms with E-state index < -0.39 is 21.4 Å². The van der Waals surface area contributed by atoms with E-state index in [0.717, 1.165) is 0 Å². The monoisotopic (exact) mass is 388 g/mol. The van der Waals surface area contributed by atoms with E-state index in [0.29, 0.717) is 0 Å². The Morgan fingerprint density at radius 1 is 0.882 bits per heavy atom. The Morgan fingerprint density at radius 3 is 0.941 bits per heavy atom. The van der Waals surface area contributed by atoms with Crippen molar-refractivity contribution >= 4 is 58.3 Å². The maximum absolute atomic E-state index is 9.83. The summed E-state index contributed by atoms with van der Waals surface area (Å²) < 4.78 is -2.00. The van der Waals surface area contributed by atoms with Crippen LogP contribution in [0.2, 0.25) is 9.88 Å². The second kappa shape index (κ2) is 10.4. The SMILES string of the molecule is CC(C)(S)C(=O)[O-].CC(C)(S)C(=O)[O-].[CH3][Sn+2][CH3]. The normalized spacial score (nSPS) is 9.88. The summed E-state index contributed by atoms with van der Waals surface area (Å²) in [6, 6.07) is 0. The molecule has 0 aromatic heterocycles. The first kappa shape index (κ1) is 22.6. The molecule has 0 N–H and O–H groups in total. The minimum absolute atomic E-state index is 0.230. The average molecular weight is 387 g/mol. The molecule has 0 spiro atoms. The Labute approximate surface area is 125 Å². The molecule has 0 aliphatic rings. The molecular formula is C10H20O4S2Sn. The van der Waals surface area contributed by atoms with Gasteiger partial charge in [0.05, 0.1) is 11.9 Å². The Hall–Kier alpha value is 0.439. The number of hydrogen-bond acceptors (Lipinski definition) is 6. The number of carboxylic acids is 2. The van der Waals surface area contributed by atoms with Crippen LogP contribution in [0.1, 0.15) is 27.7 Å². The molecule has 0 rings (SSSR count). The van der Waals surface area contributed by atoms with Gasteiger partial charge in [0.1, 0.15) is 0 Å². The second-order valence-electron chi connectivity index (χ2n) is 4.19. The first-order valence-electron chi connectivity index (χ1n) is 4.76. The molecule has 4 nitrogen and oxygen atoms in total. The Bertz CT molecular complexity index is 207. The summed E-state index contributed by atoms with van der Waals surface area (Å²) in [5.41, 5.74) is 0. The van der Waals surface area contributed by atoms with Crippen molar-refractivity contribution in [2.45, 2.75) is 47.1 Å². The molecule has 0 aliphatic heterocycles. The van der Waals surface area contributed by atoms with Crippen molar-refractivity contribution in [1.29, 1.82) is 0 Å². The zero-order valence-corrected chi connectivity index (χ0v) is 15.7. The Morgan fingerprint density at radius 2 is 0.941 bits per heavy atom. The standard InChI is InChI=1S/2C4H8O2S.2CH3.Sn/c2*1-4(2,7)3(5)6;;;/h2*7H,1-2H3,(H,5,6);2*1H3;/q;;;;+2/p-2. The van der Waals surface area contributed by atoms with Crippen LogP contribution < -0.4 is 10.2 Å². The summed E-state index contributed by atoms with van der Waals surface area (Å²) in [5, 5.41) is 19.7. The van der Waals surface area contributed by atoms with Crippen LogP contribution >= 0.6 is 25.3 Å². The van der Waals surface area contributed by atoms with Crippen LogP contribution in [-0.4, -0.2) is 42.6 Å². The van der Waals surface area contributed by atoms with Gasteiger partial charge >= 0.3 is 31.0 Å². The number of hydrogen-bond donors (Lipinski definition) is 2. The molecule has 0 aromatic rings. The van der Waals surface area contributed by atoms with Crippen LogP contribution in [0.25, 0.3) is 0 Å². The number of carbonyl (C=O) groups excluding carboxylic acids is 2. The third kappa shape index (κ3) is 22.1. The fourth-order valence-electron chi connectivity index (χ4n) is 0. The molecule has 0 radical (unpaired) electrons. The van der Waals surface area contributed by atoms with Gasteiger partial charge < -0.3 is 19.8 Å². The molecule has 0 aliphatic carbocycles. The summed E-state index contributed by atoms with van der Waals surface area (Å²) in [4.78, 5) is 24.3. The van der Waals surface area contributed by atoms with E-state index in [4.69, 9.17) is 0 Å². The molecule has 0 fully saturated rings. The predicted octanol–water partition coefficient (Wildman–Crippen LogP) is -0.324. The quantitative estimate of drug-likeness (QED) is 0.503. The topological polar surface area (TPSA) is 80.3 Å². The van der Waals surface area contributed by atoms with E-state index in [1.54, 1.807) is 0 Å². The number of rotatable bonds is 2. The van der Waals surface area contributed by atoms with E-state index in [9.17, 15) is 19.8 Å². The molecule has 0 saturated heterocycles. The zero-order chi connectivity index (χ0) is 14.9. The third-order valence-electron chi connectivity index (χ3n) is 0.999. The van der Waals surface area contributed by atoms with Crippen molar-refractivity contribution < 1.29 is 19.8 Å². The molecule has 0 amide bonds. The van der Waals surface area contributed by atoms with Crippen molar-refractivity contribution in [2.75, 3.05) is 0 Å². The first-order chi connectivity index (χ1) is 7.30. The molecular weight excluding hydrogens is 367 g/mol. The summed E-state index contributed by atoms with van der Waals surface area (Å²) in [5.74, 6) is -2.29. The second-order valence-corrected chi connectivity index (χ2v) is 9.28. The summed E-state index contributed by atoms with van der Waals surface area (Å²) >= 11 is 7.61. The third-order valence-corrected chi connectivity index (χ3v) is 1.36. The summed E-state index contributed by atoms with van der Waals surface area (Å²) in [7, 11) is 0. The van der Waals surface area contributed by atoms with Crippen LogP contribution in [-0.2, 0) is 9.59 Å². The first-order valence-corrected chi connectivity index (χ1v) is 11.4. The van der Waals surface area contributed by atoms with Gasteiger partial charge in [-0.2, -0.15) is 25.3 Å². The predicted molar refractivity (Wildman–Crippen MR) is 73.6 cm³/mol. The molecule has 0 saturated carbocycles. The van der Waals surface area contributed by atoms with Gasteiger partial charge in [0.15, 0.2) is 0 Å². The molecule has 0 bridgehead atoms. The fraction of sp³-hybridized carbons (Fsp3) is 0.800. The van der Waals surface area contributed by atoms with Crippen molar-refractivity contribution in [2.24, 2.45) is 0 Å². The van der Waals surface area contributed by atoms with E-state index in [1.165, 1.54) is 27.7 Å². The van der Waals surface area contributed by atoms with Crippen LogP contribution in [0.15, 0.2) is 0 Å². The maximum atomic E-state index is 9.83. The minimum atomic E-state index is -1.14. The summed E-state index contributed by atoms with van der Waals surface area (Å²) in [6.07, 6.45) is 0. The zero-order valence-electron chi connectivity index (χ0n) is 11.0. The fourth-order valence-corrected chi connectivity index (χ4v) is 0. The van der Waals surface area contributed by atoms with Crippen LogP contribution in [0.3, 0.4) is 0 Å². The van der Waals surface area contributed by atoms with E-state index in [-0.39, 0.29) is 21.1 Å². The van der Waals surface area contributed by atoms with Crippen molar-refractivity contribution in [3.05, 3.63) is 0 Å². The van der Waals surface area contributed by atoms with Gasteiger partial charge in [-0.1, -0.05) is 0 Å². The average Bonchev–Trinajstić information content (AvgIpc) is 2.02. The molecule has 0 heterocycles. The summed E-state index contributed by atoms with van der Waals surface area (Å²) in [6.45, 7) is 5.85. The molecule has 17 heavy (non-hydrogen) atoms. The molecule has 0 atom stereocenters. The van der Waals surface area contributed by atoms with Gasteiger partial charge in [-0.15, -0.1) is 0 Å². The molecule has 0 unspecified atom stereocenters. The number of aliphatic carboxylic acids is 2. The van der Waals surface area contributed by atoms with Gasteiger partial charge in [-0.3, -0.25) is 0 Å². The van der Waals surface area contributed by atoms with Gasteiger partial charge in [0.2, 0.25) is 0 Å². The van der Waals surface area contributed by atoms with Crippen molar-refractivity contribution in [3.63, 3.8) is 0 Å². The molecule has 100 valence electrons. The van der Waals surface area contributed by atoms with Crippen LogP contribution in [0.4, 0.5) is 0 Å². The van der Waals surface area contributed by atoms with Gasteiger partial charge in [-0.25, -0.2) is 0 Å². The van der Waals surface area contributed by atoms with E-state index >= 15 is 0 Å². The number of carbonyl (C=O) groups is 2. The van der Waals surface area contributed by atoms with Crippen LogP contribution in [0.5, 0.6) is 0 Å².